The van der Waals surface area contributed by atoms with Crippen molar-refractivity contribution >= 4 is 0 Å². The van der Waals surface area contributed by atoms with Crippen LogP contribution in [0.1, 0.15) is 11.7 Å². The lowest BCUT2D eigenvalue weighted by molar-refractivity contribution is 0.0941. The molecule has 0 aliphatic carbocycles. The monoisotopic (exact) mass is 172 g/mol. The molecule has 1 rings (SSSR count). The summed E-state index contributed by atoms with van der Waals surface area (Å²) in [6, 6.07) is 0. The molecule has 0 radical (unpaired) electrons. The molecule has 1 heterocycles. The fraction of sp³-hybridized carbons (Fsp3) is 0.333. The largest absolute Gasteiger partial charge is 0.393 e. The van der Waals surface area contributed by atoms with Crippen LogP contribution in [0.25, 0.3) is 0 Å². The molecule has 1 aromatic heterocycles. The van der Waals surface area contributed by atoms with E-state index in [0.717, 1.165) is 6.20 Å². The standard InChI is InChI=1S/C6H8N2O4/c9-2-4(10)3-1-7-6(12)8-5(3)11/h1,4,9-10H,2H2,(H2,7,8,11,12). The maximum atomic E-state index is 10.9. The first kappa shape index (κ1) is 8.69. The molecule has 0 saturated heterocycles. The highest BCUT2D eigenvalue weighted by Crippen LogP contribution is 2.01. The van der Waals surface area contributed by atoms with Gasteiger partial charge < -0.3 is 15.2 Å². The number of aliphatic hydroxyl groups excluding tert-OH is 2. The number of nitrogens with one attached hydrogen (secondary N) is 2. The van der Waals surface area contributed by atoms with Crippen molar-refractivity contribution in [2.45, 2.75) is 6.10 Å². The van der Waals surface area contributed by atoms with E-state index in [1.54, 1.807) is 0 Å². The Morgan fingerprint density at radius 1 is 1.50 bits per heavy atom. The predicted octanol–water partition coefficient (Wildman–Crippen LogP) is -1.91. The average molecular weight is 172 g/mol. The third-order valence-electron chi connectivity index (χ3n) is 1.38. The normalized spacial score (nSPS) is 12.8. The lowest BCUT2D eigenvalue weighted by Crippen LogP contribution is -2.27. The van der Waals surface area contributed by atoms with E-state index < -0.39 is 24.0 Å². The van der Waals surface area contributed by atoms with E-state index >= 15 is 0 Å². The average Bonchev–Trinajstić information content (AvgIpc) is 2.03. The van der Waals surface area contributed by atoms with Gasteiger partial charge in [-0.15, -0.1) is 0 Å². The third-order valence-corrected chi connectivity index (χ3v) is 1.38. The van der Waals surface area contributed by atoms with Gasteiger partial charge in [0.1, 0.15) is 6.10 Å². The van der Waals surface area contributed by atoms with Crippen molar-refractivity contribution in [2.75, 3.05) is 6.61 Å². The number of hydrogen-bond donors (Lipinski definition) is 4. The Morgan fingerprint density at radius 3 is 2.67 bits per heavy atom. The minimum Gasteiger partial charge on any atom is -0.393 e. The molecular formula is C6H8N2O4. The van der Waals surface area contributed by atoms with Crippen molar-refractivity contribution in [1.29, 1.82) is 0 Å². The summed E-state index contributed by atoms with van der Waals surface area (Å²) in [5, 5.41) is 17.5. The van der Waals surface area contributed by atoms with Crippen molar-refractivity contribution < 1.29 is 10.2 Å². The number of rotatable bonds is 2. The van der Waals surface area contributed by atoms with Crippen molar-refractivity contribution in [3.8, 4) is 0 Å². The van der Waals surface area contributed by atoms with Crippen LogP contribution >= 0.6 is 0 Å². The van der Waals surface area contributed by atoms with Crippen molar-refractivity contribution in [3.63, 3.8) is 0 Å². The summed E-state index contributed by atoms with van der Waals surface area (Å²) in [6.45, 7) is -0.560. The molecular weight excluding hydrogens is 164 g/mol. The zero-order valence-electron chi connectivity index (χ0n) is 6.07. The Morgan fingerprint density at radius 2 is 2.17 bits per heavy atom. The second-order valence-electron chi connectivity index (χ2n) is 2.23. The van der Waals surface area contributed by atoms with E-state index in [0.29, 0.717) is 0 Å². The van der Waals surface area contributed by atoms with Crippen LogP contribution in [-0.2, 0) is 0 Å². The maximum absolute atomic E-state index is 10.9. The molecule has 1 unspecified atom stereocenters. The summed E-state index contributed by atoms with van der Waals surface area (Å²) < 4.78 is 0. The highest BCUT2D eigenvalue weighted by atomic mass is 16.3. The van der Waals surface area contributed by atoms with Crippen LogP contribution in [0.15, 0.2) is 15.8 Å². The van der Waals surface area contributed by atoms with E-state index in [2.05, 4.69) is 4.98 Å². The second kappa shape index (κ2) is 3.33. The summed E-state index contributed by atoms with van der Waals surface area (Å²) in [7, 11) is 0. The number of aromatic amines is 2. The van der Waals surface area contributed by atoms with Gasteiger partial charge in [-0.1, -0.05) is 0 Å². The minimum atomic E-state index is -1.26. The molecule has 0 saturated carbocycles. The van der Waals surface area contributed by atoms with Crippen LogP contribution in [0.2, 0.25) is 0 Å². The van der Waals surface area contributed by atoms with Gasteiger partial charge in [-0.2, -0.15) is 0 Å². The van der Waals surface area contributed by atoms with Crippen LogP contribution in [0.3, 0.4) is 0 Å². The summed E-state index contributed by atoms with van der Waals surface area (Å²) in [5.41, 5.74) is -1.40. The Hall–Kier alpha value is -1.40. The van der Waals surface area contributed by atoms with Crippen molar-refractivity contribution in [2.24, 2.45) is 0 Å². The first-order valence-corrected chi connectivity index (χ1v) is 3.26. The molecule has 1 atom stereocenters. The molecule has 0 aromatic carbocycles. The summed E-state index contributed by atoms with van der Waals surface area (Å²) in [5.74, 6) is 0. The molecule has 0 aliphatic heterocycles. The third kappa shape index (κ3) is 1.60. The molecule has 6 heteroatoms. The quantitative estimate of drug-likeness (QED) is 0.417. The molecule has 0 fully saturated rings. The Labute approximate surface area is 66.5 Å². The van der Waals surface area contributed by atoms with E-state index in [1.807, 2.05) is 4.98 Å². The van der Waals surface area contributed by atoms with Gasteiger partial charge in [-0.25, -0.2) is 4.79 Å². The van der Waals surface area contributed by atoms with E-state index in [-0.39, 0.29) is 5.56 Å². The highest BCUT2D eigenvalue weighted by Gasteiger charge is 2.09. The Balaban J connectivity index is 3.19. The molecule has 0 amide bonds. The predicted molar refractivity (Wildman–Crippen MR) is 39.7 cm³/mol. The van der Waals surface area contributed by atoms with Crippen LogP contribution < -0.4 is 11.2 Å². The van der Waals surface area contributed by atoms with Crippen LogP contribution in [-0.4, -0.2) is 26.8 Å². The van der Waals surface area contributed by atoms with E-state index in [9.17, 15) is 9.59 Å². The van der Waals surface area contributed by atoms with E-state index in [4.69, 9.17) is 10.2 Å². The minimum absolute atomic E-state index is 0.0582. The SMILES string of the molecule is O=c1[nH]cc(C(O)CO)c(=O)[nH]1. The topological polar surface area (TPSA) is 106 Å². The molecule has 0 aliphatic rings. The number of aliphatic hydroxyl groups is 2. The van der Waals surface area contributed by atoms with Crippen LogP contribution in [0, 0.1) is 0 Å². The number of hydrogen-bond acceptors (Lipinski definition) is 4. The van der Waals surface area contributed by atoms with Gasteiger partial charge in [0.25, 0.3) is 5.56 Å². The molecule has 66 valence electrons. The summed E-state index contributed by atoms with van der Waals surface area (Å²) in [4.78, 5) is 25.5. The van der Waals surface area contributed by atoms with Gasteiger partial charge in [0.15, 0.2) is 0 Å². The lowest BCUT2D eigenvalue weighted by Gasteiger charge is -2.03. The molecule has 4 N–H and O–H groups in total. The van der Waals surface area contributed by atoms with Gasteiger partial charge in [0.05, 0.1) is 12.2 Å². The summed E-state index contributed by atoms with van der Waals surface area (Å²) >= 11 is 0. The fourth-order valence-electron chi connectivity index (χ4n) is 0.766. The molecule has 0 spiro atoms. The smallest absolute Gasteiger partial charge is 0.325 e. The number of aromatic nitrogens is 2. The first-order valence-electron chi connectivity index (χ1n) is 3.26. The molecule has 12 heavy (non-hydrogen) atoms. The highest BCUT2D eigenvalue weighted by molar-refractivity contribution is 5.06. The summed E-state index contributed by atoms with van der Waals surface area (Å²) in [6.07, 6.45) is -0.187. The lowest BCUT2D eigenvalue weighted by atomic mass is 10.2. The van der Waals surface area contributed by atoms with Gasteiger partial charge in [-0.05, 0) is 0 Å². The van der Waals surface area contributed by atoms with Gasteiger partial charge in [-0.3, -0.25) is 9.78 Å². The van der Waals surface area contributed by atoms with Crippen LogP contribution in [0.4, 0.5) is 0 Å². The van der Waals surface area contributed by atoms with E-state index in [1.165, 1.54) is 0 Å². The van der Waals surface area contributed by atoms with Crippen molar-refractivity contribution in [3.05, 3.63) is 32.6 Å². The zero-order valence-corrected chi connectivity index (χ0v) is 6.07. The zero-order chi connectivity index (χ0) is 9.14. The van der Waals surface area contributed by atoms with Crippen molar-refractivity contribution in [1.82, 2.24) is 9.97 Å². The van der Waals surface area contributed by atoms with Crippen LogP contribution in [0.5, 0.6) is 0 Å². The number of H-pyrrole nitrogens is 2. The van der Waals surface area contributed by atoms with Gasteiger partial charge in [0, 0.05) is 6.20 Å². The Kier molecular flexibility index (Phi) is 2.41. The van der Waals surface area contributed by atoms with Gasteiger partial charge in [0.2, 0.25) is 0 Å². The molecule has 1 aromatic rings. The fourth-order valence-corrected chi connectivity index (χ4v) is 0.766. The van der Waals surface area contributed by atoms with Gasteiger partial charge >= 0.3 is 5.69 Å². The second-order valence-corrected chi connectivity index (χ2v) is 2.23. The maximum Gasteiger partial charge on any atom is 0.325 e. The first-order chi connectivity index (χ1) is 5.65. The molecule has 0 bridgehead atoms. The molecule has 6 nitrogen and oxygen atoms in total. The Bertz CT molecular complexity index is 366.